The Morgan fingerprint density at radius 2 is 1.83 bits per heavy atom. The number of hydrogen-bond acceptors (Lipinski definition) is 4. The van der Waals surface area contributed by atoms with E-state index in [4.69, 9.17) is 0 Å². The molecular formula is C13H24N2O3. The summed E-state index contributed by atoms with van der Waals surface area (Å²) >= 11 is 0. The molecule has 1 rings (SSSR count). The van der Waals surface area contributed by atoms with Gasteiger partial charge in [-0.15, -0.1) is 0 Å². The van der Waals surface area contributed by atoms with Gasteiger partial charge in [0.15, 0.2) is 0 Å². The summed E-state index contributed by atoms with van der Waals surface area (Å²) in [6.07, 6.45) is 4.49. The number of nitrogens with one attached hydrogen (secondary N) is 1. The molecular weight excluding hydrogens is 232 g/mol. The van der Waals surface area contributed by atoms with E-state index >= 15 is 0 Å². The molecule has 1 amide bonds. The number of amides is 1. The maximum Gasteiger partial charge on any atom is 0.319 e. The van der Waals surface area contributed by atoms with E-state index in [-0.39, 0.29) is 25.0 Å². The zero-order chi connectivity index (χ0) is 13.5. The van der Waals surface area contributed by atoms with Crippen LogP contribution in [0.25, 0.3) is 0 Å². The predicted molar refractivity (Wildman–Crippen MR) is 69.1 cm³/mol. The van der Waals surface area contributed by atoms with Crippen molar-refractivity contribution in [1.29, 1.82) is 0 Å². The Bertz CT molecular complexity index is 286. The Labute approximate surface area is 109 Å². The summed E-state index contributed by atoms with van der Waals surface area (Å²) < 4.78 is 4.55. The molecule has 1 fully saturated rings. The van der Waals surface area contributed by atoms with Gasteiger partial charge in [-0.25, -0.2) is 0 Å². The molecule has 0 radical (unpaired) electrons. The molecule has 1 saturated carbocycles. The first-order valence-electron chi connectivity index (χ1n) is 6.56. The first-order chi connectivity index (χ1) is 8.51. The fourth-order valence-corrected chi connectivity index (χ4v) is 2.26. The van der Waals surface area contributed by atoms with Crippen molar-refractivity contribution in [2.24, 2.45) is 5.92 Å². The van der Waals surface area contributed by atoms with E-state index in [1.54, 1.807) is 11.9 Å². The van der Waals surface area contributed by atoms with E-state index in [1.807, 2.05) is 0 Å². The first-order valence-corrected chi connectivity index (χ1v) is 6.56. The zero-order valence-electron chi connectivity index (χ0n) is 11.6. The second-order valence-corrected chi connectivity index (χ2v) is 5.27. The van der Waals surface area contributed by atoms with Crippen LogP contribution in [0, 0.1) is 5.92 Å². The number of carbonyl (C=O) groups excluding carboxylic acids is 2. The van der Waals surface area contributed by atoms with Crippen LogP contribution in [0.5, 0.6) is 0 Å². The number of nitrogens with zero attached hydrogens (tertiary/aromatic N) is 1. The van der Waals surface area contributed by atoms with Crippen molar-refractivity contribution in [3.8, 4) is 0 Å². The molecule has 0 unspecified atom stereocenters. The molecule has 0 heterocycles. The SMILES string of the molecule is COC(=O)CN(C)CC(=O)NC1CCC(C)CC1. The van der Waals surface area contributed by atoms with E-state index in [1.165, 1.54) is 20.0 Å². The van der Waals surface area contributed by atoms with Crippen LogP contribution in [-0.4, -0.2) is 50.1 Å². The van der Waals surface area contributed by atoms with Crippen LogP contribution in [0.4, 0.5) is 0 Å². The van der Waals surface area contributed by atoms with Crippen LogP contribution in [0.1, 0.15) is 32.6 Å². The third kappa shape index (κ3) is 5.49. The molecule has 5 heteroatoms. The highest BCUT2D eigenvalue weighted by atomic mass is 16.5. The van der Waals surface area contributed by atoms with Crippen molar-refractivity contribution < 1.29 is 14.3 Å². The lowest BCUT2D eigenvalue weighted by atomic mass is 9.87. The summed E-state index contributed by atoms with van der Waals surface area (Å²) in [6.45, 7) is 2.63. The quantitative estimate of drug-likeness (QED) is 0.739. The van der Waals surface area contributed by atoms with Gasteiger partial charge in [-0.3, -0.25) is 14.5 Å². The Hall–Kier alpha value is -1.10. The van der Waals surface area contributed by atoms with E-state index in [0.717, 1.165) is 18.8 Å². The second kappa shape index (κ2) is 7.36. The number of carbonyl (C=O) groups is 2. The van der Waals surface area contributed by atoms with Crippen LogP contribution in [0.15, 0.2) is 0 Å². The maximum absolute atomic E-state index is 11.8. The molecule has 1 aliphatic carbocycles. The van der Waals surface area contributed by atoms with Crippen LogP contribution in [-0.2, 0) is 14.3 Å². The number of hydrogen-bond donors (Lipinski definition) is 1. The molecule has 0 aromatic carbocycles. The fraction of sp³-hybridized carbons (Fsp3) is 0.846. The van der Waals surface area contributed by atoms with Crippen LogP contribution < -0.4 is 5.32 Å². The highest BCUT2D eigenvalue weighted by molar-refractivity contribution is 5.79. The third-order valence-electron chi connectivity index (χ3n) is 3.42. The average Bonchev–Trinajstić information content (AvgIpc) is 2.31. The normalized spacial score (nSPS) is 23.8. The molecule has 1 aliphatic rings. The van der Waals surface area contributed by atoms with Crippen molar-refractivity contribution in [1.82, 2.24) is 10.2 Å². The lowest BCUT2D eigenvalue weighted by Crippen LogP contribution is -2.43. The van der Waals surface area contributed by atoms with Gasteiger partial charge in [0.2, 0.25) is 5.91 Å². The van der Waals surface area contributed by atoms with Crippen LogP contribution in [0.2, 0.25) is 0 Å². The van der Waals surface area contributed by atoms with E-state index in [2.05, 4.69) is 17.0 Å². The molecule has 0 spiro atoms. The van der Waals surface area contributed by atoms with Gasteiger partial charge in [-0.2, -0.15) is 0 Å². The van der Waals surface area contributed by atoms with Crippen molar-refractivity contribution in [3.63, 3.8) is 0 Å². The summed E-state index contributed by atoms with van der Waals surface area (Å²) in [5.41, 5.74) is 0. The minimum Gasteiger partial charge on any atom is -0.468 e. The third-order valence-corrected chi connectivity index (χ3v) is 3.42. The summed E-state index contributed by atoms with van der Waals surface area (Å²) in [6, 6.07) is 0.306. The molecule has 0 atom stereocenters. The smallest absolute Gasteiger partial charge is 0.319 e. The van der Waals surface area contributed by atoms with Gasteiger partial charge >= 0.3 is 5.97 Å². The van der Waals surface area contributed by atoms with Gasteiger partial charge in [-0.1, -0.05) is 6.92 Å². The number of methoxy groups -OCH3 is 1. The van der Waals surface area contributed by atoms with E-state index in [0.29, 0.717) is 6.04 Å². The van der Waals surface area contributed by atoms with Crippen molar-refractivity contribution in [3.05, 3.63) is 0 Å². The number of likely N-dealkylation sites (N-methyl/N-ethyl adjacent to an activating group) is 1. The van der Waals surface area contributed by atoms with Crippen molar-refractivity contribution >= 4 is 11.9 Å². The van der Waals surface area contributed by atoms with Crippen LogP contribution >= 0.6 is 0 Å². The number of ether oxygens (including phenoxy) is 1. The predicted octanol–water partition coefficient (Wildman–Crippen LogP) is 0.786. The highest BCUT2D eigenvalue weighted by Crippen LogP contribution is 2.23. The fourth-order valence-electron chi connectivity index (χ4n) is 2.26. The largest absolute Gasteiger partial charge is 0.468 e. The lowest BCUT2D eigenvalue weighted by Gasteiger charge is -2.27. The van der Waals surface area contributed by atoms with E-state index in [9.17, 15) is 9.59 Å². The molecule has 0 saturated heterocycles. The first kappa shape index (κ1) is 15.0. The maximum atomic E-state index is 11.8. The monoisotopic (exact) mass is 256 g/mol. The van der Waals surface area contributed by atoms with Gasteiger partial charge < -0.3 is 10.1 Å². The number of rotatable bonds is 5. The van der Waals surface area contributed by atoms with Gasteiger partial charge in [0, 0.05) is 6.04 Å². The molecule has 0 aliphatic heterocycles. The minimum absolute atomic E-state index is 0.0130. The van der Waals surface area contributed by atoms with Gasteiger partial charge in [0.25, 0.3) is 0 Å². The molecule has 0 aromatic heterocycles. The molecule has 0 aromatic rings. The molecule has 1 N–H and O–H groups in total. The molecule has 104 valence electrons. The highest BCUT2D eigenvalue weighted by Gasteiger charge is 2.20. The minimum atomic E-state index is -0.322. The molecule has 5 nitrogen and oxygen atoms in total. The summed E-state index contributed by atoms with van der Waals surface area (Å²) in [4.78, 5) is 24.5. The average molecular weight is 256 g/mol. The van der Waals surface area contributed by atoms with Crippen molar-refractivity contribution in [2.45, 2.75) is 38.6 Å². The van der Waals surface area contributed by atoms with Crippen LogP contribution in [0.3, 0.4) is 0 Å². The molecule has 18 heavy (non-hydrogen) atoms. The Morgan fingerprint density at radius 3 is 2.39 bits per heavy atom. The lowest BCUT2D eigenvalue weighted by molar-refractivity contribution is -0.141. The summed E-state index contributed by atoms with van der Waals surface area (Å²) in [5, 5.41) is 3.03. The topological polar surface area (TPSA) is 58.6 Å². The Kier molecular flexibility index (Phi) is 6.12. The van der Waals surface area contributed by atoms with Gasteiger partial charge in [0.05, 0.1) is 20.2 Å². The van der Waals surface area contributed by atoms with Crippen molar-refractivity contribution in [2.75, 3.05) is 27.2 Å². The second-order valence-electron chi connectivity index (χ2n) is 5.27. The summed E-state index contributed by atoms with van der Waals surface area (Å²) in [7, 11) is 3.08. The molecule has 0 bridgehead atoms. The number of esters is 1. The Balaban J connectivity index is 2.22. The Morgan fingerprint density at radius 1 is 1.22 bits per heavy atom. The zero-order valence-corrected chi connectivity index (χ0v) is 11.6. The van der Waals surface area contributed by atoms with Gasteiger partial charge in [0.1, 0.15) is 0 Å². The van der Waals surface area contributed by atoms with E-state index < -0.39 is 0 Å². The standard InChI is InChI=1S/C13H24N2O3/c1-10-4-6-11(7-5-10)14-12(16)8-15(2)9-13(17)18-3/h10-11H,4-9H2,1-3H3,(H,14,16). The van der Waals surface area contributed by atoms with Gasteiger partial charge in [-0.05, 0) is 38.6 Å². The summed E-state index contributed by atoms with van der Waals surface area (Å²) in [5.74, 6) is 0.442.